The highest BCUT2D eigenvalue weighted by atomic mass is 35.5. The number of nitrogens with zero attached hydrogens (tertiary/aromatic N) is 2. The number of nitrogens with two attached hydrogens (primary N) is 1. The second-order valence-electron chi connectivity index (χ2n) is 5.01. The maximum atomic E-state index is 13.1. The number of rotatable bonds is 3. The maximum Gasteiger partial charge on any atom is 0.313 e. The van der Waals surface area contributed by atoms with Crippen LogP contribution in [0.4, 0.5) is 10.1 Å². The highest BCUT2D eigenvalue weighted by Crippen LogP contribution is 2.19. The largest absolute Gasteiger partial charge is 0.332 e. The fraction of sp³-hybridized carbons (Fsp3) is 0.429. The topological polar surface area (TPSA) is 78.7 Å². The van der Waals surface area contributed by atoms with E-state index in [1.807, 2.05) is 0 Å². The van der Waals surface area contributed by atoms with Crippen LogP contribution in [0, 0.1) is 5.82 Å². The van der Waals surface area contributed by atoms with E-state index in [0.29, 0.717) is 32.7 Å². The molecule has 0 unspecified atom stereocenters. The van der Waals surface area contributed by atoms with Crippen LogP contribution < -0.4 is 11.1 Å². The summed E-state index contributed by atoms with van der Waals surface area (Å²) in [4.78, 5) is 27.7. The van der Waals surface area contributed by atoms with Gasteiger partial charge in [-0.15, -0.1) is 0 Å². The van der Waals surface area contributed by atoms with Crippen LogP contribution in [-0.4, -0.2) is 60.9 Å². The first-order valence-corrected chi connectivity index (χ1v) is 7.37. The molecule has 0 spiro atoms. The third-order valence-corrected chi connectivity index (χ3v) is 3.77. The van der Waals surface area contributed by atoms with Gasteiger partial charge in [0.1, 0.15) is 5.82 Å². The van der Waals surface area contributed by atoms with Crippen LogP contribution in [0.1, 0.15) is 0 Å². The molecule has 3 N–H and O–H groups in total. The zero-order valence-corrected chi connectivity index (χ0v) is 12.8. The van der Waals surface area contributed by atoms with Crippen LogP contribution in [0.5, 0.6) is 0 Å². The summed E-state index contributed by atoms with van der Waals surface area (Å²) in [5.74, 6) is -1.94. The molecule has 0 aliphatic carbocycles. The Kier molecular flexibility index (Phi) is 5.70. The smallest absolute Gasteiger partial charge is 0.313 e. The molecule has 0 radical (unpaired) electrons. The van der Waals surface area contributed by atoms with Crippen LogP contribution in [0.25, 0.3) is 0 Å². The lowest BCUT2D eigenvalue weighted by molar-refractivity contribution is -0.144. The predicted molar refractivity (Wildman–Crippen MR) is 82.1 cm³/mol. The molecule has 8 heteroatoms. The van der Waals surface area contributed by atoms with Crippen molar-refractivity contribution in [3.05, 3.63) is 29.0 Å². The van der Waals surface area contributed by atoms with Gasteiger partial charge in [0, 0.05) is 45.0 Å². The third kappa shape index (κ3) is 4.16. The van der Waals surface area contributed by atoms with Gasteiger partial charge < -0.3 is 16.0 Å². The number of anilines is 1. The summed E-state index contributed by atoms with van der Waals surface area (Å²) in [5, 5.41) is 2.32. The number of hydrogen-bond acceptors (Lipinski definition) is 4. The monoisotopic (exact) mass is 328 g/mol. The maximum absolute atomic E-state index is 13.1. The van der Waals surface area contributed by atoms with Crippen molar-refractivity contribution in [1.29, 1.82) is 0 Å². The Morgan fingerprint density at radius 3 is 2.55 bits per heavy atom. The second-order valence-corrected chi connectivity index (χ2v) is 5.41. The van der Waals surface area contributed by atoms with E-state index in [9.17, 15) is 14.0 Å². The summed E-state index contributed by atoms with van der Waals surface area (Å²) in [6.07, 6.45) is 0. The zero-order valence-electron chi connectivity index (χ0n) is 12.0. The molecule has 1 aromatic carbocycles. The number of halogens is 2. The van der Waals surface area contributed by atoms with Crippen LogP contribution in [-0.2, 0) is 9.59 Å². The highest BCUT2D eigenvalue weighted by Gasteiger charge is 2.25. The Hall–Kier alpha value is -1.70. The summed E-state index contributed by atoms with van der Waals surface area (Å²) in [6.45, 7) is 3.70. The molecule has 1 heterocycles. The van der Waals surface area contributed by atoms with Crippen molar-refractivity contribution in [1.82, 2.24) is 9.80 Å². The van der Waals surface area contributed by atoms with E-state index < -0.39 is 17.6 Å². The number of hydrogen-bond donors (Lipinski definition) is 2. The molecule has 0 aromatic heterocycles. The molecule has 1 aromatic rings. The first kappa shape index (κ1) is 16.7. The Morgan fingerprint density at radius 1 is 1.27 bits per heavy atom. The number of carbonyl (C=O) groups excluding carboxylic acids is 2. The molecule has 120 valence electrons. The van der Waals surface area contributed by atoms with Gasteiger partial charge in [-0.2, -0.15) is 0 Å². The minimum atomic E-state index is -0.755. The van der Waals surface area contributed by atoms with E-state index >= 15 is 0 Å². The van der Waals surface area contributed by atoms with E-state index in [1.165, 1.54) is 17.0 Å². The lowest BCUT2D eigenvalue weighted by Gasteiger charge is -2.34. The molecule has 1 aliphatic heterocycles. The number of carbonyl (C=O) groups is 2. The first-order chi connectivity index (χ1) is 10.5. The van der Waals surface area contributed by atoms with Crippen molar-refractivity contribution < 1.29 is 14.0 Å². The molecule has 2 amide bonds. The summed E-state index contributed by atoms with van der Waals surface area (Å²) >= 11 is 5.63. The molecule has 2 rings (SSSR count). The Morgan fingerprint density at radius 2 is 1.95 bits per heavy atom. The molecular formula is C14H18ClFN4O2. The minimum Gasteiger partial charge on any atom is -0.332 e. The number of benzene rings is 1. The van der Waals surface area contributed by atoms with Crippen molar-refractivity contribution in [3.63, 3.8) is 0 Å². The van der Waals surface area contributed by atoms with Gasteiger partial charge in [-0.25, -0.2) is 4.39 Å². The zero-order chi connectivity index (χ0) is 16.1. The lowest BCUT2D eigenvalue weighted by Crippen LogP contribution is -2.52. The van der Waals surface area contributed by atoms with Crippen LogP contribution in [0.3, 0.4) is 0 Å². The first-order valence-electron chi connectivity index (χ1n) is 6.99. The molecule has 1 fully saturated rings. The van der Waals surface area contributed by atoms with E-state index in [0.717, 1.165) is 12.6 Å². The standard InChI is InChI=1S/C14H18ClFN4O2/c15-11-9-10(1-2-12(11)16)18-13(21)14(22)20-7-5-19(4-3-17)6-8-20/h1-2,9H,3-8,17H2,(H,18,21). The average Bonchev–Trinajstić information content (AvgIpc) is 2.51. The predicted octanol–water partition coefficient (Wildman–Crippen LogP) is 0.520. The van der Waals surface area contributed by atoms with Crippen molar-refractivity contribution >= 4 is 29.1 Å². The van der Waals surface area contributed by atoms with E-state index in [4.69, 9.17) is 17.3 Å². The average molecular weight is 329 g/mol. The SMILES string of the molecule is NCCN1CCN(C(=O)C(=O)Nc2ccc(F)c(Cl)c2)CC1. The Labute approximate surface area is 133 Å². The highest BCUT2D eigenvalue weighted by molar-refractivity contribution is 6.39. The van der Waals surface area contributed by atoms with Crippen molar-refractivity contribution in [3.8, 4) is 0 Å². The molecule has 22 heavy (non-hydrogen) atoms. The molecule has 1 saturated heterocycles. The normalized spacial score (nSPS) is 15.7. The van der Waals surface area contributed by atoms with Gasteiger partial charge in [0.15, 0.2) is 0 Å². The Balaban J connectivity index is 1.90. The molecule has 1 aliphatic rings. The molecule has 0 atom stereocenters. The van der Waals surface area contributed by atoms with E-state index in [-0.39, 0.29) is 10.7 Å². The summed E-state index contributed by atoms with van der Waals surface area (Å²) in [5.41, 5.74) is 5.77. The fourth-order valence-electron chi connectivity index (χ4n) is 2.26. The van der Waals surface area contributed by atoms with Gasteiger partial charge in [-0.05, 0) is 18.2 Å². The van der Waals surface area contributed by atoms with E-state index in [1.54, 1.807) is 0 Å². The third-order valence-electron chi connectivity index (χ3n) is 3.48. The Bertz CT molecular complexity index is 562. The van der Waals surface area contributed by atoms with Crippen molar-refractivity contribution in [2.75, 3.05) is 44.6 Å². The van der Waals surface area contributed by atoms with Crippen molar-refractivity contribution in [2.24, 2.45) is 5.73 Å². The van der Waals surface area contributed by atoms with Crippen LogP contribution >= 0.6 is 11.6 Å². The van der Waals surface area contributed by atoms with Gasteiger partial charge in [0.05, 0.1) is 5.02 Å². The summed E-state index contributed by atoms with van der Waals surface area (Å²) in [7, 11) is 0. The summed E-state index contributed by atoms with van der Waals surface area (Å²) < 4.78 is 13.1. The van der Waals surface area contributed by atoms with Crippen LogP contribution in [0.2, 0.25) is 5.02 Å². The second kappa shape index (κ2) is 7.53. The minimum absolute atomic E-state index is 0.111. The van der Waals surface area contributed by atoms with E-state index in [2.05, 4.69) is 10.2 Å². The molecule has 0 saturated carbocycles. The number of amides is 2. The number of nitrogens with one attached hydrogen (secondary N) is 1. The molecular weight excluding hydrogens is 311 g/mol. The summed E-state index contributed by atoms with van der Waals surface area (Å²) in [6, 6.07) is 3.75. The van der Waals surface area contributed by atoms with Gasteiger partial charge in [0.25, 0.3) is 0 Å². The molecule has 6 nitrogen and oxygen atoms in total. The van der Waals surface area contributed by atoms with Gasteiger partial charge in [-0.1, -0.05) is 11.6 Å². The lowest BCUT2D eigenvalue weighted by atomic mass is 10.2. The van der Waals surface area contributed by atoms with Gasteiger partial charge in [-0.3, -0.25) is 14.5 Å². The van der Waals surface area contributed by atoms with Crippen molar-refractivity contribution in [2.45, 2.75) is 0 Å². The van der Waals surface area contributed by atoms with Gasteiger partial charge >= 0.3 is 11.8 Å². The van der Waals surface area contributed by atoms with Gasteiger partial charge in [0.2, 0.25) is 0 Å². The van der Waals surface area contributed by atoms with Crippen LogP contribution in [0.15, 0.2) is 18.2 Å². The number of piperazine rings is 1. The fourth-order valence-corrected chi connectivity index (χ4v) is 2.44. The quantitative estimate of drug-likeness (QED) is 0.793. The molecule has 0 bridgehead atoms.